The maximum absolute atomic E-state index is 13.5. The van der Waals surface area contributed by atoms with Crippen molar-refractivity contribution in [2.24, 2.45) is 5.10 Å². The number of hydrazone groups is 1. The number of rotatable bonds is 5. The molecule has 0 aliphatic carbocycles. The fourth-order valence-corrected chi connectivity index (χ4v) is 3.61. The summed E-state index contributed by atoms with van der Waals surface area (Å²) in [5.41, 5.74) is 2.05. The van der Waals surface area contributed by atoms with Gasteiger partial charge in [-0.2, -0.15) is 10.1 Å². The average molecular weight is 419 g/mol. The standard InChI is InChI=1S/C23H15F2N3OS/c24-18-9-6-17(7-10-18)15-26-28(22(29)13-8-16-4-2-1-3-5-16)23-27-20-12-11-19(25)14-21(20)30-23/h1-15H/b13-8+,26-15+. The molecule has 0 saturated heterocycles. The summed E-state index contributed by atoms with van der Waals surface area (Å²) < 4.78 is 27.3. The zero-order valence-electron chi connectivity index (χ0n) is 15.6. The molecule has 0 radical (unpaired) electrons. The summed E-state index contributed by atoms with van der Waals surface area (Å²) in [6, 6.07) is 19.3. The van der Waals surface area contributed by atoms with Crippen LogP contribution < -0.4 is 5.01 Å². The Labute approximate surface area is 175 Å². The van der Waals surface area contributed by atoms with Crippen LogP contribution in [0.2, 0.25) is 0 Å². The predicted molar refractivity (Wildman–Crippen MR) is 117 cm³/mol. The smallest absolute Gasteiger partial charge is 0.267 e. The lowest BCUT2D eigenvalue weighted by Gasteiger charge is -2.11. The Balaban J connectivity index is 1.68. The van der Waals surface area contributed by atoms with Crippen LogP contribution in [-0.2, 0) is 4.79 Å². The molecule has 1 heterocycles. The minimum atomic E-state index is -0.420. The summed E-state index contributed by atoms with van der Waals surface area (Å²) in [5, 5.41) is 5.71. The molecule has 0 saturated carbocycles. The van der Waals surface area contributed by atoms with E-state index < -0.39 is 5.91 Å². The van der Waals surface area contributed by atoms with Gasteiger partial charge in [0.25, 0.3) is 5.91 Å². The van der Waals surface area contributed by atoms with E-state index in [4.69, 9.17) is 0 Å². The Kier molecular flexibility index (Phi) is 5.72. The highest BCUT2D eigenvalue weighted by molar-refractivity contribution is 7.22. The van der Waals surface area contributed by atoms with Gasteiger partial charge in [-0.1, -0.05) is 53.8 Å². The third kappa shape index (κ3) is 4.64. The molecule has 0 aliphatic heterocycles. The topological polar surface area (TPSA) is 45.6 Å². The van der Waals surface area contributed by atoms with Crippen molar-refractivity contribution in [1.82, 2.24) is 4.98 Å². The largest absolute Gasteiger partial charge is 0.273 e. The number of halogens is 2. The number of hydrogen-bond donors (Lipinski definition) is 0. The number of thiazole rings is 1. The van der Waals surface area contributed by atoms with Gasteiger partial charge < -0.3 is 0 Å². The van der Waals surface area contributed by atoms with E-state index in [9.17, 15) is 13.6 Å². The molecular formula is C23H15F2N3OS. The van der Waals surface area contributed by atoms with Crippen LogP contribution in [0.15, 0.2) is 84.0 Å². The van der Waals surface area contributed by atoms with Gasteiger partial charge in [0, 0.05) is 6.08 Å². The van der Waals surface area contributed by atoms with E-state index >= 15 is 0 Å². The molecule has 0 aliphatic rings. The van der Waals surface area contributed by atoms with Crippen LogP contribution in [0.1, 0.15) is 11.1 Å². The SMILES string of the molecule is O=C(/C=C/c1ccccc1)N(/N=C/c1ccc(F)cc1)c1nc2ccc(F)cc2s1. The van der Waals surface area contributed by atoms with Gasteiger partial charge in [0.2, 0.25) is 5.13 Å². The quantitative estimate of drug-likeness (QED) is 0.238. The first-order valence-electron chi connectivity index (χ1n) is 9.01. The average Bonchev–Trinajstić information content (AvgIpc) is 3.17. The summed E-state index contributed by atoms with van der Waals surface area (Å²) in [6.45, 7) is 0. The molecule has 0 unspecified atom stereocenters. The van der Waals surface area contributed by atoms with Crippen LogP contribution in [0.5, 0.6) is 0 Å². The number of carbonyl (C=O) groups is 1. The molecule has 3 aromatic carbocycles. The van der Waals surface area contributed by atoms with Crippen LogP contribution in [0.4, 0.5) is 13.9 Å². The minimum absolute atomic E-state index is 0.302. The molecule has 148 valence electrons. The molecule has 0 N–H and O–H groups in total. The third-order valence-corrected chi connectivity index (χ3v) is 5.13. The van der Waals surface area contributed by atoms with E-state index in [-0.39, 0.29) is 11.6 Å². The van der Waals surface area contributed by atoms with Gasteiger partial charge in [-0.3, -0.25) is 4.79 Å². The van der Waals surface area contributed by atoms with Gasteiger partial charge >= 0.3 is 0 Å². The maximum atomic E-state index is 13.5. The fourth-order valence-electron chi connectivity index (χ4n) is 2.65. The van der Waals surface area contributed by atoms with E-state index in [1.807, 2.05) is 30.3 Å². The maximum Gasteiger partial charge on any atom is 0.273 e. The molecule has 1 aromatic heterocycles. The van der Waals surface area contributed by atoms with E-state index in [1.54, 1.807) is 24.3 Å². The van der Waals surface area contributed by atoms with E-state index in [2.05, 4.69) is 10.1 Å². The third-order valence-electron chi connectivity index (χ3n) is 4.14. The van der Waals surface area contributed by atoms with E-state index in [0.29, 0.717) is 20.9 Å². The van der Waals surface area contributed by atoms with Crippen LogP contribution in [0.3, 0.4) is 0 Å². The van der Waals surface area contributed by atoms with Gasteiger partial charge in [0.15, 0.2) is 0 Å². The Morgan fingerprint density at radius 2 is 1.67 bits per heavy atom. The molecule has 30 heavy (non-hydrogen) atoms. The second-order valence-corrected chi connectivity index (χ2v) is 7.31. The molecule has 1 amide bonds. The zero-order valence-corrected chi connectivity index (χ0v) is 16.4. The normalized spacial score (nSPS) is 11.5. The van der Waals surface area contributed by atoms with Crippen LogP contribution >= 0.6 is 11.3 Å². The minimum Gasteiger partial charge on any atom is -0.267 e. The Morgan fingerprint density at radius 1 is 0.933 bits per heavy atom. The summed E-state index contributed by atoms with van der Waals surface area (Å²) >= 11 is 1.15. The molecule has 4 aromatic rings. The van der Waals surface area contributed by atoms with Gasteiger partial charge in [0.05, 0.1) is 16.4 Å². The summed E-state index contributed by atoms with van der Waals surface area (Å²) in [4.78, 5) is 17.3. The molecule has 0 bridgehead atoms. The molecule has 0 atom stereocenters. The first-order chi connectivity index (χ1) is 14.6. The van der Waals surface area contributed by atoms with Crippen molar-refractivity contribution in [1.29, 1.82) is 0 Å². The molecule has 0 spiro atoms. The van der Waals surface area contributed by atoms with Gasteiger partial charge in [-0.25, -0.2) is 13.8 Å². The molecule has 7 heteroatoms. The number of amides is 1. The van der Waals surface area contributed by atoms with Crippen LogP contribution in [-0.4, -0.2) is 17.1 Å². The number of fused-ring (bicyclic) bond motifs is 1. The lowest BCUT2D eigenvalue weighted by Crippen LogP contribution is -2.23. The van der Waals surface area contributed by atoms with E-state index in [0.717, 1.165) is 21.9 Å². The van der Waals surface area contributed by atoms with Crippen molar-refractivity contribution in [3.8, 4) is 0 Å². The highest BCUT2D eigenvalue weighted by Crippen LogP contribution is 2.30. The second-order valence-electron chi connectivity index (χ2n) is 6.30. The van der Waals surface area contributed by atoms with Crippen molar-refractivity contribution >= 4 is 44.9 Å². The molecule has 0 fully saturated rings. The van der Waals surface area contributed by atoms with Crippen molar-refractivity contribution < 1.29 is 13.6 Å². The van der Waals surface area contributed by atoms with Gasteiger partial charge in [0.1, 0.15) is 11.6 Å². The Morgan fingerprint density at radius 3 is 2.43 bits per heavy atom. The first kappa shape index (κ1) is 19.6. The summed E-state index contributed by atoms with van der Waals surface area (Å²) in [7, 11) is 0. The van der Waals surface area contributed by atoms with Crippen molar-refractivity contribution in [2.75, 3.05) is 5.01 Å². The molecular weight excluding hydrogens is 404 g/mol. The first-order valence-corrected chi connectivity index (χ1v) is 9.83. The van der Waals surface area contributed by atoms with E-state index in [1.165, 1.54) is 36.6 Å². The Bertz CT molecular complexity index is 1230. The second kappa shape index (κ2) is 8.75. The number of anilines is 1. The van der Waals surface area contributed by atoms with Crippen molar-refractivity contribution in [3.63, 3.8) is 0 Å². The van der Waals surface area contributed by atoms with Gasteiger partial charge in [-0.05, 0) is 47.5 Å². The highest BCUT2D eigenvalue weighted by atomic mass is 32.1. The van der Waals surface area contributed by atoms with Gasteiger partial charge in [-0.15, -0.1) is 0 Å². The lowest BCUT2D eigenvalue weighted by molar-refractivity contribution is -0.114. The monoisotopic (exact) mass is 419 g/mol. The molecule has 4 rings (SSSR count). The summed E-state index contributed by atoms with van der Waals surface area (Å²) in [6.07, 6.45) is 4.51. The van der Waals surface area contributed by atoms with Crippen LogP contribution in [0.25, 0.3) is 16.3 Å². The number of carbonyl (C=O) groups excluding carboxylic acids is 1. The number of aromatic nitrogens is 1. The number of nitrogens with zero attached hydrogens (tertiary/aromatic N) is 3. The lowest BCUT2D eigenvalue weighted by atomic mass is 10.2. The zero-order chi connectivity index (χ0) is 20.9. The molecule has 4 nitrogen and oxygen atoms in total. The summed E-state index contributed by atoms with van der Waals surface area (Å²) in [5.74, 6) is -1.16. The van der Waals surface area contributed by atoms with Crippen molar-refractivity contribution in [3.05, 3.63) is 102 Å². The number of hydrogen-bond acceptors (Lipinski definition) is 4. The highest BCUT2D eigenvalue weighted by Gasteiger charge is 2.17. The van der Waals surface area contributed by atoms with Crippen molar-refractivity contribution in [2.45, 2.75) is 0 Å². The predicted octanol–water partition coefficient (Wildman–Crippen LogP) is 5.66. The fraction of sp³-hybridized carbons (Fsp3) is 0. The Hall–Kier alpha value is -3.71. The van der Waals surface area contributed by atoms with Crippen LogP contribution in [0, 0.1) is 11.6 Å². The number of benzene rings is 3.